The minimum atomic E-state index is -3.82. The van der Waals surface area contributed by atoms with Crippen molar-refractivity contribution in [1.82, 2.24) is 4.31 Å². The van der Waals surface area contributed by atoms with Crippen molar-refractivity contribution in [1.29, 1.82) is 5.26 Å². The first-order valence-electron chi connectivity index (χ1n) is 10.4. The molecule has 2 aromatic rings. The molecule has 1 N–H and O–H groups in total. The van der Waals surface area contributed by atoms with Crippen LogP contribution >= 0.6 is 0 Å². The Morgan fingerprint density at radius 2 is 1.82 bits per heavy atom. The van der Waals surface area contributed by atoms with E-state index in [1.165, 1.54) is 28.6 Å². The highest BCUT2D eigenvalue weighted by atomic mass is 32.2. The van der Waals surface area contributed by atoms with Gasteiger partial charge in [-0.3, -0.25) is 4.79 Å². The van der Waals surface area contributed by atoms with Gasteiger partial charge in [-0.2, -0.15) is 9.57 Å². The monoisotopic (exact) mass is 471 g/mol. The first-order chi connectivity index (χ1) is 15.7. The van der Waals surface area contributed by atoms with Gasteiger partial charge in [0.25, 0.3) is 5.91 Å². The molecule has 9 nitrogen and oxygen atoms in total. The predicted molar refractivity (Wildman–Crippen MR) is 120 cm³/mol. The maximum absolute atomic E-state index is 13.0. The lowest BCUT2D eigenvalue weighted by atomic mass is 10.1. The lowest BCUT2D eigenvalue weighted by molar-refractivity contribution is -0.119. The molecule has 0 spiro atoms. The van der Waals surface area contributed by atoms with Gasteiger partial charge in [0.15, 0.2) is 6.61 Å². The molecule has 0 saturated carbocycles. The maximum Gasteiger partial charge on any atom is 0.338 e. The molecule has 1 saturated heterocycles. The minimum Gasteiger partial charge on any atom is -0.452 e. The second kappa shape index (κ2) is 10.6. The summed E-state index contributed by atoms with van der Waals surface area (Å²) in [7, 11) is -3.82. The molecule has 3 rings (SSSR count). The summed E-state index contributed by atoms with van der Waals surface area (Å²) >= 11 is 0. The Morgan fingerprint density at radius 3 is 2.45 bits per heavy atom. The first-order valence-corrected chi connectivity index (χ1v) is 11.8. The standard InChI is InChI=1S/C23H25N3O6S/c1-16-13-26(14-17(2)32-16)33(29,30)21-5-3-4-19(12-21)23(28)31-15-22(27)25-20-8-6-18(7-9-20)10-11-24/h3-9,12,16-17H,10,13-15H2,1-2H3,(H,25,27). The van der Waals surface area contributed by atoms with Crippen molar-refractivity contribution in [2.24, 2.45) is 0 Å². The van der Waals surface area contributed by atoms with Crippen LogP contribution in [-0.2, 0) is 30.7 Å². The Balaban J connectivity index is 1.61. The van der Waals surface area contributed by atoms with Crippen LogP contribution < -0.4 is 5.32 Å². The molecule has 2 unspecified atom stereocenters. The van der Waals surface area contributed by atoms with Crippen LogP contribution in [0.15, 0.2) is 53.4 Å². The van der Waals surface area contributed by atoms with Crippen LogP contribution in [0.5, 0.6) is 0 Å². The number of carbonyl (C=O) groups excluding carboxylic acids is 2. The Bertz CT molecular complexity index is 1150. The van der Waals surface area contributed by atoms with Crippen LogP contribution in [-0.4, -0.2) is 56.5 Å². The summed E-state index contributed by atoms with van der Waals surface area (Å²) in [5.74, 6) is -1.35. The molecular weight excluding hydrogens is 446 g/mol. The van der Waals surface area contributed by atoms with E-state index in [0.29, 0.717) is 5.69 Å². The van der Waals surface area contributed by atoms with Gasteiger partial charge in [0.2, 0.25) is 10.0 Å². The number of morpholine rings is 1. The van der Waals surface area contributed by atoms with E-state index in [2.05, 4.69) is 5.32 Å². The number of esters is 1. The zero-order chi connectivity index (χ0) is 24.0. The molecule has 0 bridgehead atoms. The van der Waals surface area contributed by atoms with Gasteiger partial charge in [-0.05, 0) is 49.7 Å². The Hall–Kier alpha value is -3.26. The molecule has 33 heavy (non-hydrogen) atoms. The number of nitriles is 1. The smallest absolute Gasteiger partial charge is 0.338 e. The fourth-order valence-electron chi connectivity index (χ4n) is 3.47. The SMILES string of the molecule is CC1CN(S(=O)(=O)c2cccc(C(=O)OCC(=O)Nc3ccc(CC#N)cc3)c2)CC(C)O1. The van der Waals surface area contributed by atoms with E-state index < -0.39 is 28.5 Å². The summed E-state index contributed by atoms with van der Waals surface area (Å²) < 4.78 is 38.0. The predicted octanol–water partition coefficient (Wildman–Crippen LogP) is 2.35. The number of sulfonamides is 1. The summed E-state index contributed by atoms with van der Waals surface area (Å²) in [6.07, 6.45) is -0.208. The van der Waals surface area contributed by atoms with Crippen molar-refractivity contribution in [2.75, 3.05) is 25.0 Å². The molecule has 10 heteroatoms. The second-order valence-electron chi connectivity index (χ2n) is 7.76. The molecule has 0 radical (unpaired) electrons. The van der Waals surface area contributed by atoms with Gasteiger partial charge >= 0.3 is 5.97 Å². The third-order valence-electron chi connectivity index (χ3n) is 4.95. The molecule has 2 atom stereocenters. The normalized spacial score (nSPS) is 18.8. The Morgan fingerprint density at radius 1 is 1.15 bits per heavy atom. The van der Waals surface area contributed by atoms with Crippen LogP contribution in [0.25, 0.3) is 0 Å². The first kappa shape index (κ1) is 24.4. The largest absolute Gasteiger partial charge is 0.452 e. The van der Waals surface area contributed by atoms with E-state index in [-0.39, 0.29) is 42.2 Å². The van der Waals surface area contributed by atoms with E-state index in [9.17, 15) is 18.0 Å². The van der Waals surface area contributed by atoms with Crippen LogP contribution in [0, 0.1) is 11.3 Å². The van der Waals surface area contributed by atoms with Crippen molar-refractivity contribution in [2.45, 2.75) is 37.4 Å². The molecule has 0 aromatic heterocycles. The molecular formula is C23H25N3O6S. The van der Waals surface area contributed by atoms with Crippen LogP contribution in [0.2, 0.25) is 0 Å². The summed E-state index contributed by atoms with van der Waals surface area (Å²) in [4.78, 5) is 24.5. The average Bonchev–Trinajstić information content (AvgIpc) is 2.78. The van der Waals surface area contributed by atoms with E-state index >= 15 is 0 Å². The van der Waals surface area contributed by atoms with Crippen molar-refractivity contribution in [3.63, 3.8) is 0 Å². The third kappa shape index (κ3) is 6.38. The molecule has 1 aliphatic heterocycles. The van der Waals surface area contributed by atoms with Crippen molar-refractivity contribution < 1.29 is 27.5 Å². The van der Waals surface area contributed by atoms with Gasteiger partial charge in [-0.25, -0.2) is 13.2 Å². The molecule has 1 heterocycles. The number of ether oxygens (including phenoxy) is 2. The Kier molecular flexibility index (Phi) is 7.81. The van der Waals surface area contributed by atoms with Crippen LogP contribution in [0.3, 0.4) is 0 Å². The summed E-state index contributed by atoms with van der Waals surface area (Å²) in [5.41, 5.74) is 1.34. The van der Waals surface area contributed by atoms with Gasteiger partial charge in [-0.15, -0.1) is 0 Å². The van der Waals surface area contributed by atoms with Crippen molar-refractivity contribution in [3.8, 4) is 6.07 Å². The van der Waals surface area contributed by atoms with Crippen LogP contribution in [0.1, 0.15) is 29.8 Å². The number of rotatable bonds is 7. The van der Waals surface area contributed by atoms with Gasteiger partial charge in [0, 0.05) is 18.8 Å². The van der Waals surface area contributed by atoms with Gasteiger partial charge in [-0.1, -0.05) is 18.2 Å². The third-order valence-corrected chi connectivity index (χ3v) is 6.78. The quantitative estimate of drug-likeness (QED) is 0.614. The number of hydrogen-bond donors (Lipinski definition) is 1. The van der Waals surface area contributed by atoms with Crippen LogP contribution in [0.4, 0.5) is 5.69 Å². The van der Waals surface area contributed by atoms with E-state index in [1.54, 1.807) is 38.1 Å². The lowest BCUT2D eigenvalue weighted by Gasteiger charge is -2.34. The molecule has 2 aromatic carbocycles. The average molecular weight is 472 g/mol. The van der Waals surface area contributed by atoms with E-state index in [0.717, 1.165) is 5.56 Å². The van der Waals surface area contributed by atoms with Gasteiger partial charge in [0.05, 0.1) is 35.2 Å². The lowest BCUT2D eigenvalue weighted by Crippen LogP contribution is -2.48. The fraction of sp³-hybridized carbons (Fsp3) is 0.348. The second-order valence-corrected chi connectivity index (χ2v) is 9.70. The number of amides is 1. The highest BCUT2D eigenvalue weighted by Gasteiger charge is 2.32. The van der Waals surface area contributed by atoms with Gasteiger partial charge < -0.3 is 14.8 Å². The highest BCUT2D eigenvalue weighted by Crippen LogP contribution is 2.22. The number of nitrogens with one attached hydrogen (secondary N) is 1. The zero-order valence-corrected chi connectivity index (χ0v) is 19.2. The van der Waals surface area contributed by atoms with Crippen molar-refractivity contribution in [3.05, 3.63) is 59.7 Å². The number of carbonyl (C=O) groups is 2. The summed E-state index contributed by atoms with van der Waals surface area (Å²) in [6.45, 7) is 3.52. The molecule has 1 aliphatic rings. The fourth-order valence-corrected chi connectivity index (χ4v) is 5.11. The van der Waals surface area contributed by atoms with Gasteiger partial charge in [0.1, 0.15) is 0 Å². The maximum atomic E-state index is 13.0. The number of nitrogens with zero attached hydrogens (tertiary/aromatic N) is 2. The van der Waals surface area contributed by atoms with Crippen molar-refractivity contribution >= 4 is 27.6 Å². The minimum absolute atomic E-state index is 0.0269. The summed E-state index contributed by atoms with van der Waals surface area (Å²) in [5, 5.41) is 11.3. The number of benzene rings is 2. The molecule has 1 fully saturated rings. The summed E-state index contributed by atoms with van der Waals surface area (Å²) in [6, 6.07) is 14.3. The number of anilines is 1. The van der Waals surface area contributed by atoms with E-state index in [4.69, 9.17) is 14.7 Å². The zero-order valence-electron chi connectivity index (χ0n) is 18.4. The molecule has 1 amide bonds. The Labute approximate surface area is 193 Å². The number of hydrogen-bond acceptors (Lipinski definition) is 7. The highest BCUT2D eigenvalue weighted by molar-refractivity contribution is 7.89. The molecule has 174 valence electrons. The van der Waals surface area contributed by atoms with E-state index in [1.807, 2.05) is 6.07 Å². The molecule has 0 aliphatic carbocycles. The topological polar surface area (TPSA) is 126 Å².